The lowest BCUT2D eigenvalue weighted by Crippen LogP contribution is -2.53. The molecule has 170 valence electrons. The number of hydrogen-bond acceptors (Lipinski definition) is 10. The van der Waals surface area contributed by atoms with Gasteiger partial charge in [0, 0.05) is 27.7 Å². The maximum atomic E-state index is 11.7. The van der Waals surface area contributed by atoms with Gasteiger partial charge in [-0.1, -0.05) is 30.3 Å². The zero-order chi connectivity index (χ0) is 23.0. The third kappa shape index (κ3) is 7.04. The number of rotatable bonds is 9. The predicted octanol–water partition coefficient (Wildman–Crippen LogP) is 1.29. The molecule has 3 atom stereocenters. The van der Waals surface area contributed by atoms with Crippen LogP contribution in [0.1, 0.15) is 33.3 Å². The van der Waals surface area contributed by atoms with Crippen molar-refractivity contribution in [2.24, 2.45) is 0 Å². The molecule has 0 spiro atoms. The van der Waals surface area contributed by atoms with Crippen molar-refractivity contribution in [1.82, 2.24) is 0 Å². The minimum atomic E-state index is -1.59. The Hall–Kier alpha value is -2.98. The number of esters is 4. The summed E-state index contributed by atoms with van der Waals surface area (Å²) in [5.41, 5.74) is -0.791. The van der Waals surface area contributed by atoms with Gasteiger partial charge in [-0.2, -0.15) is 0 Å². The maximum Gasteiger partial charge on any atom is 0.305 e. The lowest BCUT2D eigenvalue weighted by atomic mass is 9.96. The number of benzene rings is 1. The van der Waals surface area contributed by atoms with E-state index in [0.29, 0.717) is 0 Å². The number of carbonyl (C=O) groups is 4. The normalized spacial score (nSPS) is 21.7. The van der Waals surface area contributed by atoms with Crippen LogP contribution in [0.3, 0.4) is 0 Å². The maximum absolute atomic E-state index is 11.7. The van der Waals surface area contributed by atoms with Crippen LogP contribution >= 0.6 is 0 Å². The lowest BCUT2D eigenvalue weighted by Gasteiger charge is -2.33. The Kier molecular flexibility index (Phi) is 8.52. The predicted molar refractivity (Wildman–Crippen MR) is 103 cm³/mol. The quantitative estimate of drug-likeness (QED) is 0.411. The summed E-state index contributed by atoms with van der Waals surface area (Å²) in [6.45, 7) is 4.00. The highest BCUT2D eigenvalue weighted by Crippen LogP contribution is 2.38. The van der Waals surface area contributed by atoms with Crippen LogP contribution in [0.15, 0.2) is 30.3 Å². The minimum Gasteiger partial charge on any atom is -0.463 e. The Morgan fingerprint density at radius 1 is 0.839 bits per heavy atom. The molecule has 0 aromatic heterocycles. The highest BCUT2D eigenvalue weighted by Gasteiger charge is 2.61. The van der Waals surface area contributed by atoms with Crippen molar-refractivity contribution in [1.29, 1.82) is 0 Å². The van der Waals surface area contributed by atoms with Crippen LogP contribution in [0.25, 0.3) is 0 Å². The first-order chi connectivity index (χ1) is 14.6. The Bertz CT molecular complexity index is 773. The smallest absolute Gasteiger partial charge is 0.305 e. The van der Waals surface area contributed by atoms with Crippen LogP contribution < -0.4 is 0 Å². The summed E-state index contributed by atoms with van der Waals surface area (Å²) < 4.78 is 32.7. The van der Waals surface area contributed by atoms with Crippen molar-refractivity contribution in [2.75, 3.05) is 13.2 Å². The number of ether oxygens (including phenoxy) is 6. The average Bonchev–Trinajstić information content (AvgIpc) is 2.95. The van der Waals surface area contributed by atoms with E-state index in [1.807, 2.05) is 30.3 Å². The molecule has 0 radical (unpaired) electrons. The van der Waals surface area contributed by atoms with Gasteiger partial charge in [-0.05, 0) is 5.56 Å². The van der Waals surface area contributed by atoms with E-state index in [2.05, 4.69) is 0 Å². The first-order valence-corrected chi connectivity index (χ1v) is 9.57. The molecule has 0 saturated carbocycles. The summed E-state index contributed by atoms with van der Waals surface area (Å²) in [6, 6.07) is 9.12. The van der Waals surface area contributed by atoms with Crippen LogP contribution in [-0.4, -0.2) is 61.2 Å². The van der Waals surface area contributed by atoms with Crippen molar-refractivity contribution in [2.45, 2.75) is 58.4 Å². The molecule has 0 N–H and O–H groups in total. The first-order valence-electron chi connectivity index (χ1n) is 9.57. The molecule has 1 heterocycles. The van der Waals surface area contributed by atoms with E-state index in [9.17, 15) is 19.2 Å². The van der Waals surface area contributed by atoms with Crippen LogP contribution in [0.2, 0.25) is 0 Å². The molecular formula is C21H26O10. The molecule has 1 saturated heterocycles. The largest absolute Gasteiger partial charge is 0.463 e. The van der Waals surface area contributed by atoms with E-state index in [1.54, 1.807) is 0 Å². The highest BCUT2D eigenvalue weighted by molar-refractivity contribution is 5.68. The fourth-order valence-corrected chi connectivity index (χ4v) is 3.10. The molecule has 1 unspecified atom stereocenters. The number of carbonyl (C=O) groups excluding carboxylic acids is 4. The van der Waals surface area contributed by atoms with Gasteiger partial charge < -0.3 is 28.4 Å². The van der Waals surface area contributed by atoms with E-state index in [-0.39, 0.29) is 6.61 Å². The fourth-order valence-electron chi connectivity index (χ4n) is 3.10. The summed E-state index contributed by atoms with van der Waals surface area (Å²) >= 11 is 0. The second kappa shape index (κ2) is 10.9. The zero-order valence-electron chi connectivity index (χ0n) is 17.8. The summed E-state index contributed by atoms with van der Waals surface area (Å²) in [6.07, 6.45) is -3.66. The molecule has 10 heteroatoms. The molecule has 0 bridgehead atoms. The molecule has 2 rings (SSSR count). The van der Waals surface area contributed by atoms with Gasteiger partial charge in [0.05, 0.1) is 6.61 Å². The zero-order valence-corrected chi connectivity index (χ0v) is 17.8. The van der Waals surface area contributed by atoms with Crippen molar-refractivity contribution < 1.29 is 47.6 Å². The van der Waals surface area contributed by atoms with Gasteiger partial charge in [0.15, 0.2) is 11.7 Å². The third-order valence-corrected chi connectivity index (χ3v) is 4.33. The van der Waals surface area contributed by atoms with Crippen LogP contribution in [0.5, 0.6) is 0 Å². The lowest BCUT2D eigenvalue weighted by molar-refractivity contribution is -0.221. The van der Waals surface area contributed by atoms with Gasteiger partial charge in [-0.15, -0.1) is 0 Å². The third-order valence-electron chi connectivity index (χ3n) is 4.33. The van der Waals surface area contributed by atoms with Gasteiger partial charge in [0.25, 0.3) is 0 Å². The second-order valence-corrected chi connectivity index (χ2v) is 7.01. The molecular weight excluding hydrogens is 412 g/mol. The van der Waals surface area contributed by atoms with Crippen molar-refractivity contribution in [3.63, 3.8) is 0 Å². The molecule has 0 aliphatic carbocycles. The van der Waals surface area contributed by atoms with E-state index >= 15 is 0 Å². The van der Waals surface area contributed by atoms with Gasteiger partial charge in [-0.3, -0.25) is 19.2 Å². The topological polar surface area (TPSA) is 124 Å². The molecule has 1 aromatic carbocycles. The molecule has 1 aliphatic rings. The standard InChI is InChI=1S/C21H26O10/c1-13(22)27-11-21(12-28-14(2)23)19(26-10-17-8-6-5-7-9-17)18(29-15(3)24)20(31-21)30-16(4)25/h5-9,18-20H,10-12H2,1-4H3/t18-,19+,20?/m1/s1. The Morgan fingerprint density at radius 3 is 1.87 bits per heavy atom. The monoisotopic (exact) mass is 438 g/mol. The fraction of sp³-hybridized carbons (Fsp3) is 0.524. The van der Waals surface area contributed by atoms with E-state index in [4.69, 9.17) is 28.4 Å². The average molecular weight is 438 g/mol. The molecule has 1 aliphatic heterocycles. The summed E-state index contributed by atoms with van der Waals surface area (Å²) in [5.74, 6) is -2.60. The molecule has 31 heavy (non-hydrogen) atoms. The molecule has 1 aromatic rings. The molecule has 10 nitrogen and oxygen atoms in total. The second-order valence-electron chi connectivity index (χ2n) is 7.01. The summed E-state index contributed by atoms with van der Waals surface area (Å²) in [5, 5.41) is 0. The molecule has 1 fully saturated rings. The van der Waals surface area contributed by atoms with Crippen molar-refractivity contribution >= 4 is 23.9 Å². The van der Waals surface area contributed by atoms with Gasteiger partial charge in [0.1, 0.15) is 19.3 Å². The van der Waals surface area contributed by atoms with Crippen LogP contribution in [-0.2, 0) is 54.2 Å². The SMILES string of the molecule is CC(=O)OCC1(COC(C)=O)OC(OC(C)=O)[C@H](OC(C)=O)[C@@H]1OCc1ccccc1. The van der Waals surface area contributed by atoms with Gasteiger partial charge in [-0.25, -0.2) is 0 Å². The van der Waals surface area contributed by atoms with Crippen molar-refractivity contribution in [3.8, 4) is 0 Å². The van der Waals surface area contributed by atoms with E-state index < -0.39 is 61.2 Å². The van der Waals surface area contributed by atoms with Crippen LogP contribution in [0.4, 0.5) is 0 Å². The summed E-state index contributed by atoms with van der Waals surface area (Å²) in [7, 11) is 0. The Labute approximate surface area is 179 Å². The number of hydrogen-bond donors (Lipinski definition) is 0. The summed E-state index contributed by atoms with van der Waals surface area (Å²) in [4.78, 5) is 46.3. The first kappa shape index (κ1) is 24.3. The molecule has 0 amide bonds. The van der Waals surface area contributed by atoms with Crippen molar-refractivity contribution in [3.05, 3.63) is 35.9 Å². The van der Waals surface area contributed by atoms with Gasteiger partial charge >= 0.3 is 23.9 Å². The Balaban J connectivity index is 2.42. The van der Waals surface area contributed by atoms with Crippen LogP contribution in [0, 0.1) is 0 Å². The van der Waals surface area contributed by atoms with E-state index in [1.165, 1.54) is 20.8 Å². The minimum absolute atomic E-state index is 0.0707. The van der Waals surface area contributed by atoms with E-state index in [0.717, 1.165) is 12.5 Å². The highest BCUT2D eigenvalue weighted by atomic mass is 16.8. The van der Waals surface area contributed by atoms with Gasteiger partial charge in [0.2, 0.25) is 6.29 Å². The Morgan fingerprint density at radius 2 is 1.39 bits per heavy atom.